The third-order valence-corrected chi connectivity index (χ3v) is 7.89. The van der Waals surface area contributed by atoms with Gasteiger partial charge in [0.2, 0.25) is 5.91 Å². The molecule has 0 bridgehead atoms. The van der Waals surface area contributed by atoms with E-state index in [-0.39, 0.29) is 16.2 Å². The summed E-state index contributed by atoms with van der Waals surface area (Å²) in [7, 11) is 3.24. The molecule has 6 nitrogen and oxygen atoms in total. The lowest BCUT2D eigenvalue weighted by atomic mass is 10.1. The number of benzene rings is 2. The molecule has 1 aromatic heterocycles. The minimum Gasteiger partial charge on any atom is -0.492 e. The molecular weight excluding hydrogens is 471 g/mol. The molecule has 164 valence electrons. The van der Waals surface area contributed by atoms with Gasteiger partial charge in [0.05, 0.1) is 39.3 Å². The Kier molecular flexibility index (Phi) is 6.94. The summed E-state index contributed by atoms with van der Waals surface area (Å²) in [5.74, 6) is 0.802. The van der Waals surface area contributed by atoms with Crippen LogP contribution in [0.2, 0.25) is 5.02 Å². The van der Waals surface area contributed by atoms with Gasteiger partial charge in [-0.1, -0.05) is 33.2 Å². The highest BCUT2D eigenvalue weighted by Gasteiger charge is 2.25. The lowest BCUT2D eigenvalue weighted by Gasteiger charge is -2.17. The zero-order valence-electron chi connectivity index (χ0n) is 16.9. The molecule has 1 atom stereocenters. The van der Waals surface area contributed by atoms with E-state index in [1.54, 1.807) is 33.7 Å². The van der Waals surface area contributed by atoms with E-state index < -0.39 is 5.82 Å². The van der Waals surface area contributed by atoms with E-state index in [2.05, 4.69) is 21.7 Å². The molecular formula is C22H18ClFN4O2S2. The van der Waals surface area contributed by atoms with Gasteiger partial charge < -0.3 is 15.4 Å². The van der Waals surface area contributed by atoms with Crippen LogP contribution in [0, 0.1) is 17.1 Å². The molecule has 2 N–H and O–H groups in total. The first kappa shape index (κ1) is 22.5. The Morgan fingerprint density at radius 1 is 1.41 bits per heavy atom. The van der Waals surface area contributed by atoms with Crippen LogP contribution in [0.5, 0.6) is 5.75 Å². The van der Waals surface area contributed by atoms with Crippen molar-refractivity contribution in [3.05, 3.63) is 52.9 Å². The molecule has 10 heteroatoms. The Balaban J connectivity index is 1.80. The van der Waals surface area contributed by atoms with Gasteiger partial charge in [-0.15, -0.1) is 0 Å². The van der Waals surface area contributed by atoms with Gasteiger partial charge in [0.15, 0.2) is 0 Å². The van der Waals surface area contributed by atoms with Crippen LogP contribution in [0.15, 0.2) is 36.5 Å². The largest absolute Gasteiger partial charge is 0.492 e. The first-order valence-electron chi connectivity index (χ1n) is 9.81. The van der Waals surface area contributed by atoms with Crippen molar-refractivity contribution in [3.63, 3.8) is 0 Å². The summed E-state index contributed by atoms with van der Waals surface area (Å²) in [5.41, 5.74) is 2.36. The number of rotatable bonds is 6. The lowest BCUT2D eigenvalue weighted by molar-refractivity contribution is -0.115. The second kappa shape index (κ2) is 9.86. The number of carbonyl (C=O) groups excluding carboxylic acids is 1. The fraction of sp³-hybridized carbons (Fsp3) is 0.227. The van der Waals surface area contributed by atoms with Gasteiger partial charge in [-0.05, 0) is 37.6 Å². The average Bonchev–Trinajstić information content (AvgIpc) is 3.32. The summed E-state index contributed by atoms with van der Waals surface area (Å²) in [5, 5.41) is 16.2. The normalized spacial score (nSPS) is 15.4. The molecule has 0 aliphatic carbocycles. The Labute approximate surface area is 197 Å². The lowest BCUT2D eigenvalue weighted by Crippen LogP contribution is -2.23. The van der Waals surface area contributed by atoms with Gasteiger partial charge in [-0.3, -0.25) is 9.78 Å². The van der Waals surface area contributed by atoms with E-state index in [0.717, 1.165) is 12.2 Å². The highest BCUT2D eigenvalue weighted by Crippen LogP contribution is 2.40. The van der Waals surface area contributed by atoms with Gasteiger partial charge in [0.1, 0.15) is 17.6 Å². The summed E-state index contributed by atoms with van der Waals surface area (Å²) in [6.07, 6.45) is 2.26. The summed E-state index contributed by atoms with van der Waals surface area (Å²) < 4.78 is 19.3. The molecule has 1 saturated heterocycles. The Morgan fingerprint density at radius 3 is 2.94 bits per heavy atom. The topological polar surface area (TPSA) is 87.0 Å². The fourth-order valence-electron chi connectivity index (χ4n) is 3.25. The molecule has 2 aromatic carbocycles. The predicted octanol–water partition coefficient (Wildman–Crippen LogP) is 6.13. The molecule has 0 radical (unpaired) electrons. The van der Waals surface area contributed by atoms with Crippen LogP contribution in [0.1, 0.15) is 18.9 Å². The zero-order valence-corrected chi connectivity index (χ0v) is 19.3. The van der Waals surface area contributed by atoms with Crippen molar-refractivity contribution in [1.82, 2.24) is 4.98 Å². The number of pyridine rings is 1. The maximum absolute atomic E-state index is 13.6. The number of halogens is 2. The Morgan fingerprint density at radius 2 is 2.25 bits per heavy atom. The summed E-state index contributed by atoms with van der Waals surface area (Å²) in [4.78, 5) is 17.1. The molecule has 3 aromatic rings. The minimum absolute atomic E-state index is 0.0367. The number of nitrogens with one attached hydrogen (secondary N) is 2. The van der Waals surface area contributed by atoms with Crippen LogP contribution in [0.25, 0.3) is 10.9 Å². The standard InChI is InChI=1S/C22H18ClFN4O2S2/c1-2-30-19-9-17-14(8-18(19)28-22(29)20-5-6-31-32-20)21(12(10-25)11-26-17)27-13-3-4-16(24)15(23)7-13/h3-4,7-9,11,20H,2,5-6H2,1H3,(H,26,27)(H,28,29)/t20-/m0/s1. The predicted molar refractivity (Wildman–Crippen MR) is 129 cm³/mol. The number of anilines is 3. The van der Waals surface area contributed by atoms with Crippen LogP contribution >= 0.6 is 33.2 Å². The zero-order chi connectivity index (χ0) is 22.7. The molecule has 1 fully saturated rings. The van der Waals surface area contributed by atoms with E-state index in [1.807, 2.05) is 6.92 Å². The van der Waals surface area contributed by atoms with Gasteiger partial charge in [-0.2, -0.15) is 5.26 Å². The molecule has 4 rings (SSSR count). The molecule has 1 aliphatic rings. The second-order valence-electron chi connectivity index (χ2n) is 6.90. The van der Waals surface area contributed by atoms with E-state index in [9.17, 15) is 14.4 Å². The number of aromatic nitrogens is 1. The summed E-state index contributed by atoms with van der Waals surface area (Å²) >= 11 is 5.91. The highest BCUT2D eigenvalue weighted by molar-refractivity contribution is 8.77. The van der Waals surface area contributed by atoms with Crippen LogP contribution < -0.4 is 15.4 Å². The molecule has 0 unspecified atom stereocenters. The van der Waals surface area contributed by atoms with Crippen LogP contribution in [-0.2, 0) is 4.79 Å². The van der Waals surface area contributed by atoms with E-state index in [4.69, 9.17) is 16.3 Å². The van der Waals surface area contributed by atoms with E-state index >= 15 is 0 Å². The van der Waals surface area contributed by atoms with Gasteiger partial charge in [0, 0.05) is 29.1 Å². The van der Waals surface area contributed by atoms with Crippen LogP contribution in [0.4, 0.5) is 21.5 Å². The van der Waals surface area contributed by atoms with E-state index in [0.29, 0.717) is 45.9 Å². The molecule has 1 aliphatic heterocycles. The maximum atomic E-state index is 13.6. The fourth-order valence-corrected chi connectivity index (χ4v) is 6.16. The first-order chi connectivity index (χ1) is 15.5. The van der Waals surface area contributed by atoms with Crippen molar-refractivity contribution < 1.29 is 13.9 Å². The van der Waals surface area contributed by atoms with Crippen molar-refractivity contribution in [2.75, 3.05) is 23.0 Å². The summed E-state index contributed by atoms with van der Waals surface area (Å²) in [6, 6.07) is 9.81. The van der Waals surface area contributed by atoms with Crippen molar-refractivity contribution in [3.8, 4) is 11.8 Å². The number of nitrogens with zero attached hydrogens (tertiary/aromatic N) is 2. The summed E-state index contributed by atoms with van der Waals surface area (Å²) in [6.45, 7) is 2.27. The average molecular weight is 489 g/mol. The third-order valence-electron chi connectivity index (χ3n) is 4.78. The number of fused-ring (bicyclic) bond motifs is 1. The number of ether oxygens (including phenoxy) is 1. The Bertz CT molecular complexity index is 1230. The SMILES string of the molecule is CCOc1cc2ncc(C#N)c(Nc3ccc(F)c(Cl)c3)c2cc1NC(=O)[C@@H]1CCSS1. The monoisotopic (exact) mass is 488 g/mol. The van der Waals surface area contributed by atoms with Crippen molar-refractivity contribution in [1.29, 1.82) is 5.26 Å². The van der Waals surface area contributed by atoms with Crippen LogP contribution in [-0.4, -0.2) is 28.5 Å². The van der Waals surface area contributed by atoms with Crippen molar-refractivity contribution >= 4 is 67.1 Å². The molecule has 1 amide bonds. The first-order valence-corrected chi connectivity index (χ1v) is 12.6. The number of nitriles is 1. The molecule has 2 heterocycles. The molecule has 32 heavy (non-hydrogen) atoms. The van der Waals surface area contributed by atoms with Crippen molar-refractivity contribution in [2.24, 2.45) is 0 Å². The van der Waals surface area contributed by atoms with E-state index in [1.165, 1.54) is 24.4 Å². The number of hydrogen-bond acceptors (Lipinski definition) is 7. The quantitative estimate of drug-likeness (QED) is 0.403. The molecule has 0 saturated carbocycles. The van der Waals surface area contributed by atoms with Crippen LogP contribution in [0.3, 0.4) is 0 Å². The van der Waals surface area contributed by atoms with Gasteiger partial charge in [-0.25, -0.2) is 4.39 Å². The third kappa shape index (κ3) is 4.72. The maximum Gasteiger partial charge on any atom is 0.238 e. The van der Waals surface area contributed by atoms with Gasteiger partial charge in [0.25, 0.3) is 0 Å². The highest BCUT2D eigenvalue weighted by atomic mass is 35.5. The number of carbonyl (C=O) groups is 1. The van der Waals surface area contributed by atoms with Crippen molar-refractivity contribution in [2.45, 2.75) is 18.6 Å². The van der Waals surface area contributed by atoms with Gasteiger partial charge >= 0.3 is 0 Å². The second-order valence-corrected chi connectivity index (χ2v) is 9.99. The Hall–Kier alpha value is -2.67. The smallest absolute Gasteiger partial charge is 0.238 e. The number of amides is 1. The molecule has 0 spiro atoms. The minimum atomic E-state index is -0.536. The number of hydrogen-bond donors (Lipinski definition) is 2.